The third-order valence-corrected chi connectivity index (χ3v) is 2.23. The van der Waals surface area contributed by atoms with Crippen molar-refractivity contribution in [2.45, 2.75) is 6.92 Å². The van der Waals surface area contributed by atoms with Gasteiger partial charge < -0.3 is 14.3 Å². The molecule has 13 heavy (non-hydrogen) atoms. The second kappa shape index (κ2) is 4.07. The standard InChI is InChI=1S/C9H12O4/c1-6-7(3-10)4-13-5-8(6)9(11)12-2/h3,5-7H,4H2,1-2H3. The molecule has 0 aromatic rings. The number of aldehydes is 1. The van der Waals surface area contributed by atoms with Crippen LogP contribution < -0.4 is 0 Å². The summed E-state index contributed by atoms with van der Waals surface area (Å²) in [5, 5.41) is 0. The average Bonchev–Trinajstić information content (AvgIpc) is 2.17. The molecular weight excluding hydrogens is 172 g/mol. The van der Waals surface area contributed by atoms with Gasteiger partial charge in [0.15, 0.2) is 0 Å². The number of methoxy groups -OCH3 is 1. The van der Waals surface area contributed by atoms with Gasteiger partial charge in [-0.3, -0.25) is 0 Å². The monoisotopic (exact) mass is 184 g/mol. The van der Waals surface area contributed by atoms with Crippen LogP contribution in [0.3, 0.4) is 0 Å². The average molecular weight is 184 g/mol. The minimum Gasteiger partial charge on any atom is -0.500 e. The largest absolute Gasteiger partial charge is 0.500 e. The molecule has 72 valence electrons. The maximum atomic E-state index is 11.2. The van der Waals surface area contributed by atoms with Gasteiger partial charge in [0.2, 0.25) is 0 Å². The van der Waals surface area contributed by atoms with Crippen LogP contribution in [0.5, 0.6) is 0 Å². The number of ether oxygens (including phenoxy) is 2. The zero-order chi connectivity index (χ0) is 9.84. The predicted octanol–water partition coefficient (Wildman–Crippen LogP) is 0.525. The zero-order valence-corrected chi connectivity index (χ0v) is 7.65. The minimum atomic E-state index is -0.431. The number of hydrogen-bond donors (Lipinski definition) is 0. The van der Waals surface area contributed by atoms with E-state index in [4.69, 9.17) is 4.74 Å². The smallest absolute Gasteiger partial charge is 0.337 e. The second-order valence-electron chi connectivity index (χ2n) is 2.99. The molecule has 4 nitrogen and oxygen atoms in total. The van der Waals surface area contributed by atoms with Gasteiger partial charge in [-0.2, -0.15) is 0 Å². The highest BCUT2D eigenvalue weighted by molar-refractivity contribution is 5.89. The second-order valence-corrected chi connectivity index (χ2v) is 2.99. The SMILES string of the molecule is COC(=O)C1=COCC(C=O)C1C. The number of esters is 1. The lowest BCUT2D eigenvalue weighted by atomic mass is 9.88. The van der Waals surface area contributed by atoms with Crippen LogP contribution in [-0.2, 0) is 19.1 Å². The summed E-state index contributed by atoms with van der Waals surface area (Å²) in [5.74, 6) is -0.808. The van der Waals surface area contributed by atoms with Gasteiger partial charge in [-0.1, -0.05) is 6.92 Å². The van der Waals surface area contributed by atoms with Crippen LogP contribution in [0.4, 0.5) is 0 Å². The van der Waals surface area contributed by atoms with Crippen molar-refractivity contribution < 1.29 is 19.1 Å². The number of carbonyl (C=O) groups is 2. The van der Waals surface area contributed by atoms with E-state index in [0.29, 0.717) is 12.2 Å². The van der Waals surface area contributed by atoms with Crippen LogP contribution in [0.25, 0.3) is 0 Å². The minimum absolute atomic E-state index is 0.126. The van der Waals surface area contributed by atoms with Crippen LogP contribution in [0.2, 0.25) is 0 Å². The summed E-state index contributed by atoms with van der Waals surface area (Å²) in [4.78, 5) is 21.7. The molecule has 0 radical (unpaired) electrons. The Morgan fingerprint density at radius 2 is 2.46 bits per heavy atom. The van der Waals surface area contributed by atoms with E-state index >= 15 is 0 Å². The van der Waals surface area contributed by atoms with E-state index < -0.39 is 5.97 Å². The first-order valence-corrected chi connectivity index (χ1v) is 4.06. The quantitative estimate of drug-likeness (QED) is 0.464. The predicted molar refractivity (Wildman–Crippen MR) is 44.8 cm³/mol. The lowest BCUT2D eigenvalue weighted by Crippen LogP contribution is -2.28. The Morgan fingerprint density at radius 3 is 3.00 bits per heavy atom. The van der Waals surface area contributed by atoms with Crippen LogP contribution in [0, 0.1) is 11.8 Å². The Hall–Kier alpha value is -1.32. The normalized spacial score (nSPS) is 27.1. The van der Waals surface area contributed by atoms with Gasteiger partial charge in [0.05, 0.1) is 31.5 Å². The summed E-state index contributed by atoms with van der Waals surface area (Å²) in [6, 6.07) is 0. The fraction of sp³-hybridized carbons (Fsp3) is 0.556. The van der Waals surface area contributed by atoms with Gasteiger partial charge >= 0.3 is 5.97 Å². The van der Waals surface area contributed by atoms with Crippen LogP contribution in [0.15, 0.2) is 11.8 Å². The Balaban J connectivity index is 2.79. The molecular formula is C9H12O4. The van der Waals surface area contributed by atoms with Gasteiger partial charge in [-0.05, 0) is 0 Å². The highest BCUT2D eigenvalue weighted by Gasteiger charge is 2.29. The molecule has 0 saturated heterocycles. The molecule has 0 saturated carbocycles. The fourth-order valence-corrected chi connectivity index (χ4v) is 1.24. The third-order valence-electron chi connectivity index (χ3n) is 2.23. The van der Waals surface area contributed by atoms with Crippen molar-refractivity contribution >= 4 is 12.3 Å². The van der Waals surface area contributed by atoms with Gasteiger partial charge in [0.25, 0.3) is 0 Å². The molecule has 2 atom stereocenters. The lowest BCUT2D eigenvalue weighted by Gasteiger charge is -2.24. The first kappa shape index (κ1) is 9.77. The van der Waals surface area contributed by atoms with Crippen LogP contribution >= 0.6 is 0 Å². The first-order valence-electron chi connectivity index (χ1n) is 4.06. The van der Waals surface area contributed by atoms with Gasteiger partial charge in [-0.15, -0.1) is 0 Å². The highest BCUT2D eigenvalue weighted by Crippen LogP contribution is 2.24. The van der Waals surface area contributed by atoms with Crippen molar-refractivity contribution in [1.29, 1.82) is 0 Å². The Morgan fingerprint density at radius 1 is 1.77 bits per heavy atom. The van der Waals surface area contributed by atoms with E-state index in [0.717, 1.165) is 6.29 Å². The molecule has 0 aromatic carbocycles. The first-order chi connectivity index (χ1) is 6.20. The zero-order valence-electron chi connectivity index (χ0n) is 7.65. The summed E-state index contributed by atoms with van der Waals surface area (Å²) in [6.45, 7) is 2.15. The maximum absolute atomic E-state index is 11.2. The van der Waals surface area contributed by atoms with E-state index in [2.05, 4.69) is 4.74 Å². The molecule has 0 N–H and O–H groups in total. The van der Waals surface area contributed by atoms with Gasteiger partial charge in [0.1, 0.15) is 6.29 Å². The van der Waals surface area contributed by atoms with E-state index in [1.807, 2.05) is 6.92 Å². The number of hydrogen-bond acceptors (Lipinski definition) is 4. The van der Waals surface area contributed by atoms with Crippen molar-refractivity contribution in [3.05, 3.63) is 11.8 Å². The van der Waals surface area contributed by atoms with E-state index in [1.165, 1.54) is 13.4 Å². The molecule has 0 bridgehead atoms. The molecule has 1 rings (SSSR count). The molecule has 4 heteroatoms. The summed E-state index contributed by atoms with van der Waals surface area (Å²) >= 11 is 0. The number of rotatable bonds is 2. The van der Waals surface area contributed by atoms with Crippen molar-refractivity contribution in [3.63, 3.8) is 0 Å². The highest BCUT2D eigenvalue weighted by atomic mass is 16.5. The van der Waals surface area contributed by atoms with Crippen molar-refractivity contribution in [3.8, 4) is 0 Å². The summed E-state index contributed by atoms with van der Waals surface area (Å²) in [7, 11) is 1.31. The lowest BCUT2D eigenvalue weighted by molar-refractivity contribution is -0.137. The molecule has 0 aliphatic carbocycles. The Bertz CT molecular complexity index is 244. The summed E-state index contributed by atoms with van der Waals surface area (Å²) in [6.07, 6.45) is 2.18. The molecule has 0 aromatic heterocycles. The molecule has 0 amide bonds. The van der Waals surface area contributed by atoms with E-state index in [1.54, 1.807) is 0 Å². The molecule has 1 aliphatic heterocycles. The van der Waals surface area contributed by atoms with Gasteiger partial charge in [0, 0.05) is 5.92 Å². The molecule has 1 aliphatic rings. The molecule has 2 unspecified atom stereocenters. The maximum Gasteiger partial charge on any atom is 0.337 e. The number of carbonyl (C=O) groups excluding carboxylic acids is 2. The van der Waals surface area contributed by atoms with Crippen molar-refractivity contribution in [2.75, 3.05) is 13.7 Å². The fourth-order valence-electron chi connectivity index (χ4n) is 1.24. The van der Waals surface area contributed by atoms with E-state index in [9.17, 15) is 9.59 Å². The van der Waals surface area contributed by atoms with Crippen molar-refractivity contribution in [1.82, 2.24) is 0 Å². The van der Waals surface area contributed by atoms with E-state index in [-0.39, 0.29) is 11.8 Å². The summed E-state index contributed by atoms with van der Waals surface area (Å²) < 4.78 is 9.53. The molecule has 0 fully saturated rings. The van der Waals surface area contributed by atoms with Gasteiger partial charge in [-0.25, -0.2) is 4.79 Å². The molecule has 1 heterocycles. The molecule has 0 spiro atoms. The Labute approximate surface area is 76.5 Å². The summed E-state index contributed by atoms with van der Waals surface area (Å²) in [5.41, 5.74) is 0.422. The van der Waals surface area contributed by atoms with Crippen LogP contribution in [-0.4, -0.2) is 26.0 Å². The topological polar surface area (TPSA) is 52.6 Å². The Kier molecular flexibility index (Phi) is 3.06. The van der Waals surface area contributed by atoms with Crippen molar-refractivity contribution in [2.24, 2.45) is 11.8 Å². The third kappa shape index (κ3) is 1.88. The van der Waals surface area contributed by atoms with Crippen LogP contribution in [0.1, 0.15) is 6.92 Å².